The Morgan fingerprint density at radius 1 is 1.47 bits per heavy atom. The number of hydrogen-bond donors (Lipinski definition) is 2. The van der Waals surface area contributed by atoms with Crippen LogP contribution in [0.2, 0.25) is 0 Å². The summed E-state index contributed by atoms with van der Waals surface area (Å²) in [5.74, 6) is -1.09. The van der Waals surface area contributed by atoms with E-state index in [1.165, 1.54) is 6.08 Å². The summed E-state index contributed by atoms with van der Waals surface area (Å²) < 4.78 is 15.1. The molecule has 0 radical (unpaired) electrons. The molecule has 1 fully saturated rings. The van der Waals surface area contributed by atoms with E-state index in [0.717, 1.165) is 0 Å². The van der Waals surface area contributed by atoms with E-state index >= 15 is 0 Å². The maximum atomic E-state index is 11.2. The molecule has 0 bridgehead atoms. The minimum atomic E-state index is -1.09. The maximum absolute atomic E-state index is 11.2. The molecule has 0 aliphatic carbocycles. The summed E-state index contributed by atoms with van der Waals surface area (Å²) in [6.45, 7) is 4.57. The first-order chi connectivity index (χ1) is 9.13. The van der Waals surface area contributed by atoms with Crippen LogP contribution < -0.4 is 5.32 Å². The summed E-state index contributed by atoms with van der Waals surface area (Å²) in [6, 6.07) is -0.973. The third-order valence-corrected chi connectivity index (χ3v) is 2.55. The van der Waals surface area contributed by atoms with Gasteiger partial charge in [-0.1, -0.05) is 12.7 Å². The Bertz CT molecular complexity index is 313. The SMILES string of the molecule is C=CCOC(=O)NC(CCCC1OCCO1)C(=O)O. The van der Waals surface area contributed by atoms with Crippen LogP contribution in [0, 0.1) is 0 Å². The zero-order valence-corrected chi connectivity index (χ0v) is 10.7. The predicted octanol–water partition coefficient (Wildman–Crippen LogP) is 0.895. The Labute approximate surface area is 111 Å². The number of alkyl carbamates (subject to hydrolysis) is 1. The molecule has 7 heteroatoms. The van der Waals surface area contributed by atoms with Crippen molar-refractivity contribution in [3.05, 3.63) is 12.7 Å². The summed E-state index contributed by atoms with van der Waals surface area (Å²) >= 11 is 0. The van der Waals surface area contributed by atoms with Crippen LogP contribution in [-0.4, -0.2) is 49.3 Å². The molecule has 0 spiro atoms. The molecule has 2 N–H and O–H groups in total. The van der Waals surface area contributed by atoms with Gasteiger partial charge >= 0.3 is 12.1 Å². The fraction of sp³-hybridized carbons (Fsp3) is 0.667. The first kappa shape index (κ1) is 15.5. The van der Waals surface area contributed by atoms with Crippen LogP contribution in [0.5, 0.6) is 0 Å². The van der Waals surface area contributed by atoms with Gasteiger partial charge in [0.25, 0.3) is 0 Å². The number of carbonyl (C=O) groups excluding carboxylic acids is 1. The Kier molecular flexibility index (Phi) is 6.91. The van der Waals surface area contributed by atoms with Crippen molar-refractivity contribution in [1.29, 1.82) is 0 Å². The number of amides is 1. The number of carboxylic acids is 1. The molecule has 0 saturated carbocycles. The van der Waals surface area contributed by atoms with Gasteiger partial charge in [-0.05, 0) is 19.3 Å². The highest BCUT2D eigenvalue weighted by Gasteiger charge is 2.22. The first-order valence-electron chi connectivity index (χ1n) is 6.13. The molecule has 7 nitrogen and oxygen atoms in total. The van der Waals surface area contributed by atoms with Gasteiger partial charge in [-0.15, -0.1) is 0 Å². The molecule has 1 unspecified atom stereocenters. The number of aliphatic carboxylic acids is 1. The second kappa shape index (κ2) is 8.49. The summed E-state index contributed by atoms with van der Waals surface area (Å²) in [6.07, 6.45) is 1.85. The molecule has 1 rings (SSSR count). The van der Waals surface area contributed by atoms with E-state index in [1.807, 2.05) is 0 Å². The van der Waals surface area contributed by atoms with Crippen molar-refractivity contribution in [2.24, 2.45) is 0 Å². The molecule has 1 atom stereocenters. The predicted molar refractivity (Wildman–Crippen MR) is 65.6 cm³/mol. The van der Waals surface area contributed by atoms with Gasteiger partial charge in [0.2, 0.25) is 0 Å². The third-order valence-electron chi connectivity index (χ3n) is 2.55. The van der Waals surface area contributed by atoms with Gasteiger partial charge < -0.3 is 24.6 Å². The van der Waals surface area contributed by atoms with Crippen molar-refractivity contribution in [3.8, 4) is 0 Å². The van der Waals surface area contributed by atoms with E-state index in [1.54, 1.807) is 0 Å². The Morgan fingerprint density at radius 2 is 2.16 bits per heavy atom. The topological polar surface area (TPSA) is 94.1 Å². The van der Waals surface area contributed by atoms with E-state index < -0.39 is 18.1 Å². The van der Waals surface area contributed by atoms with Gasteiger partial charge in [0, 0.05) is 0 Å². The Balaban J connectivity index is 2.25. The molecule has 1 saturated heterocycles. The van der Waals surface area contributed by atoms with Gasteiger partial charge in [0.15, 0.2) is 6.29 Å². The highest BCUT2D eigenvalue weighted by Crippen LogP contribution is 2.12. The quantitative estimate of drug-likeness (QED) is 0.638. The molecule has 0 aromatic rings. The number of rotatable bonds is 8. The fourth-order valence-corrected chi connectivity index (χ4v) is 1.64. The monoisotopic (exact) mass is 273 g/mol. The summed E-state index contributed by atoms with van der Waals surface area (Å²) in [5, 5.41) is 11.3. The summed E-state index contributed by atoms with van der Waals surface area (Å²) in [5.41, 5.74) is 0. The maximum Gasteiger partial charge on any atom is 0.408 e. The van der Waals surface area contributed by atoms with Gasteiger partial charge in [-0.3, -0.25) is 0 Å². The number of nitrogens with one attached hydrogen (secondary N) is 1. The van der Waals surface area contributed by atoms with Crippen LogP contribution in [0.4, 0.5) is 4.79 Å². The van der Waals surface area contributed by atoms with Crippen molar-refractivity contribution < 1.29 is 28.9 Å². The van der Waals surface area contributed by atoms with Crippen LogP contribution in [0.15, 0.2) is 12.7 Å². The zero-order valence-electron chi connectivity index (χ0n) is 10.7. The molecular weight excluding hydrogens is 254 g/mol. The lowest BCUT2D eigenvalue weighted by Gasteiger charge is -2.15. The lowest BCUT2D eigenvalue weighted by atomic mass is 10.1. The second-order valence-electron chi connectivity index (χ2n) is 4.02. The van der Waals surface area contributed by atoms with Gasteiger partial charge in [0.1, 0.15) is 12.6 Å². The van der Waals surface area contributed by atoms with Crippen molar-refractivity contribution >= 4 is 12.1 Å². The molecule has 1 aliphatic rings. The van der Waals surface area contributed by atoms with Crippen molar-refractivity contribution in [1.82, 2.24) is 5.32 Å². The highest BCUT2D eigenvalue weighted by atomic mass is 16.7. The average molecular weight is 273 g/mol. The van der Waals surface area contributed by atoms with Crippen molar-refractivity contribution in [2.75, 3.05) is 19.8 Å². The molecule has 1 amide bonds. The Hall–Kier alpha value is -1.60. The standard InChI is InChI=1S/C12H19NO6/c1-2-6-19-12(16)13-9(11(14)15)4-3-5-10-17-7-8-18-10/h2,9-10H,1,3-8H2,(H,13,16)(H,14,15). The lowest BCUT2D eigenvalue weighted by Crippen LogP contribution is -2.41. The van der Waals surface area contributed by atoms with E-state index in [0.29, 0.717) is 32.5 Å². The largest absolute Gasteiger partial charge is 0.480 e. The van der Waals surface area contributed by atoms with E-state index in [-0.39, 0.29) is 12.9 Å². The fourth-order valence-electron chi connectivity index (χ4n) is 1.64. The lowest BCUT2D eigenvalue weighted by molar-refractivity contribution is -0.139. The van der Waals surface area contributed by atoms with Crippen molar-refractivity contribution in [2.45, 2.75) is 31.6 Å². The van der Waals surface area contributed by atoms with Gasteiger partial charge in [-0.25, -0.2) is 9.59 Å². The molecule has 1 heterocycles. The normalized spacial score (nSPS) is 16.8. The first-order valence-corrected chi connectivity index (χ1v) is 6.13. The molecule has 0 aromatic heterocycles. The van der Waals surface area contributed by atoms with Gasteiger partial charge in [-0.2, -0.15) is 0 Å². The molecular formula is C12H19NO6. The van der Waals surface area contributed by atoms with Crippen LogP contribution in [0.1, 0.15) is 19.3 Å². The molecule has 1 aliphatic heterocycles. The minimum absolute atomic E-state index is 0.0436. The molecule has 108 valence electrons. The number of ether oxygens (including phenoxy) is 3. The Morgan fingerprint density at radius 3 is 2.74 bits per heavy atom. The van der Waals surface area contributed by atoms with Gasteiger partial charge in [0.05, 0.1) is 13.2 Å². The number of carboxylic acid groups (broad SMARTS) is 1. The second-order valence-corrected chi connectivity index (χ2v) is 4.02. The van der Waals surface area contributed by atoms with Crippen LogP contribution in [-0.2, 0) is 19.0 Å². The highest BCUT2D eigenvalue weighted by molar-refractivity contribution is 5.79. The minimum Gasteiger partial charge on any atom is -0.480 e. The third kappa shape index (κ3) is 6.21. The van der Waals surface area contributed by atoms with E-state index in [4.69, 9.17) is 14.6 Å². The van der Waals surface area contributed by atoms with Crippen LogP contribution in [0.3, 0.4) is 0 Å². The van der Waals surface area contributed by atoms with E-state index in [2.05, 4.69) is 16.6 Å². The van der Waals surface area contributed by atoms with Crippen molar-refractivity contribution in [3.63, 3.8) is 0 Å². The van der Waals surface area contributed by atoms with Crippen LogP contribution in [0.25, 0.3) is 0 Å². The van der Waals surface area contributed by atoms with E-state index in [9.17, 15) is 9.59 Å². The number of hydrogen-bond acceptors (Lipinski definition) is 5. The smallest absolute Gasteiger partial charge is 0.408 e. The van der Waals surface area contributed by atoms with Crippen LogP contribution >= 0.6 is 0 Å². The molecule has 19 heavy (non-hydrogen) atoms. The average Bonchev–Trinajstić information content (AvgIpc) is 2.88. The molecule has 0 aromatic carbocycles. The number of carbonyl (C=O) groups is 2. The zero-order chi connectivity index (χ0) is 14.1. The summed E-state index contributed by atoms with van der Waals surface area (Å²) in [7, 11) is 0. The summed E-state index contributed by atoms with van der Waals surface area (Å²) in [4.78, 5) is 22.2.